The molecule has 0 saturated carbocycles. The highest BCUT2D eigenvalue weighted by molar-refractivity contribution is 9.10. The molecule has 0 bridgehead atoms. The molecule has 8 nitrogen and oxygen atoms in total. The van der Waals surface area contributed by atoms with Gasteiger partial charge in [0, 0.05) is 25.1 Å². The van der Waals surface area contributed by atoms with Crippen molar-refractivity contribution < 1.29 is 19.8 Å². The van der Waals surface area contributed by atoms with Gasteiger partial charge < -0.3 is 10.2 Å². The first-order valence-corrected chi connectivity index (χ1v) is 10.4. The zero-order valence-electron chi connectivity index (χ0n) is 16.3. The molecule has 2 aromatic carbocycles. The summed E-state index contributed by atoms with van der Waals surface area (Å²) >= 11 is 6.64. The van der Waals surface area contributed by atoms with Crippen molar-refractivity contribution in [2.75, 3.05) is 0 Å². The Hall–Kier alpha value is -2.72. The van der Waals surface area contributed by atoms with Crippen LogP contribution in [0.5, 0.6) is 0 Å². The van der Waals surface area contributed by atoms with Crippen LogP contribution in [0, 0.1) is 0 Å². The van der Waals surface area contributed by atoms with Gasteiger partial charge in [0.1, 0.15) is 0 Å². The molecule has 2 heterocycles. The minimum Gasteiger partial charge on any atom is -0.463 e. The first-order chi connectivity index (χ1) is 14.0. The van der Waals surface area contributed by atoms with Gasteiger partial charge >= 0.3 is 12.2 Å². The summed E-state index contributed by atoms with van der Waals surface area (Å²) in [5, 5.41) is 27.5. The van der Waals surface area contributed by atoms with Crippen LogP contribution in [0.15, 0.2) is 51.5 Å². The molecule has 0 aliphatic carbocycles. The van der Waals surface area contributed by atoms with Crippen LogP contribution in [0.1, 0.15) is 26.5 Å². The van der Waals surface area contributed by atoms with E-state index in [1.807, 2.05) is 39.0 Å². The zero-order chi connectivity index (χ0) is 22.2. The van der Waals surface area contributed by atoms with Gasteiger partial charge in [-0.1, -0.05) is 52.6 Å². The van der Waals surface area contributed by atoms with E-state index < -0.39 is 12.2 Å². The van der Waals surface area contributed by atoms with Crippen molar-refractivity contribution in [3.8, 4) is 0 Å². The molecule has 30 heavy (non-hydrogen) atoms. The number of hydrogen-bond acceptors (Lipinski definition) is 4. The molecule has 0 unspecified atom stereocenters. The molecular weight excluding hydrogens is 520 g/mol. The predicted molar refractivity (Wildman–Crippen MR) is 120 cm³/mol. The van der Waals surface area contributed by atoms with Gasteiger partial charge in [-0.2, -0.15) is 19.6 Å². The highest BCUT2D eigenvalue weighted by Gasteiger charge is 2.24. The third kappa shape index (κ3) is 4.39. The lowest BCUT2D eigenvalue weighted by molar-refractivity contribution is 0.192. The SMILES string of the molecule is CC(C)(C)c1nn(C(=O)O)c2cc(Br)ccc12.O=C(O)n1ncc2cc(Br)ccc21. The first kappa shape index (κ1) is 22.0. The molecule has 10 heteroatoms. The lowest BCUT2D eigenvalue weighted by Crippen LogP contribution is -2.15. The summed E-state index contributed by atoms with van der Waals surface area (Å²) in [6, 6.07) is 10.9. The van der Waals surface area contributed by atoms with Gasteiger partial charge in [0.15, 0.2) is 0 Å². The van der Waals surface area contributed by atoms with E-state index in [1.54, 1.807) is 18.2 Å². The van der Waals surface area contributed by atoms with Gasteiger partial charge in [-0.05, 0) is 36.4 Å². The molecule has 0 spiro atoms. The van der Waals surface area contributed by atoms with Crippen molar-refractivity contribution >= 4 is 65.9 Å². The minimum absolute atomic E-state index is 0.188. The van der Waals surface area contributed by atoms with Crippen molar-refractivity contribution in [2.45, 2.75) is 26.2 Å². The Bertz CT molecular complexity index is 1270. The Kier molecular flexibility index (Phi) is 6.00. The van der Waals surface area contributed by atoms with Crippen molar-refractivity contribution in [3.05, 3.63) is 57.2 Å². The van der Waals surface area contributed by atoms with Gasteiger partial charge in [0.25, 0.3) is 0 Å². The van der Waals surface area contributed by atoms with Gasteiger partial charge in [-0.3, -0.25) is 0 Å². The molecule has 0 radical (unpaired) electrons. The van der Waals surface area contributed by atoms with Crippen LogP contribution in [-0.4, -0.2) is 42.0 Å². The van der Waals surface area contributed by atoms with Crippen molar-refractivity contribution in [1.29, 1.82) is 0 Å². The molecular formula is C20H18Br2N4O4. The van der Waals surface area contributed by atoms with E-state index in [9.17, 15) is 9.59 Å². The summed E-state index contributed by atoms with van der Waals surface area (Å²) in [6.45, 7) is 6.05. The molecule has 0 atom stereocenters. The quantitative estimate of drug-likeness (QED) is 0.287. The van der Waals surface area contributed by atoms with Gasteiger partial charge in [-0.15, -0.1) is 0 Å². The maximum atomic E-state index is 11.2. The summed E-state index contributed by atoms with van der Waals surface area (Å²) < 4.78 is 3.72. The fraction of sp³-hybridized carbons (Fsp3) is 0.200. The molecule has 0 fully saturated rings. The average molecular weight is 538 g/mol. The Morgan fingerprint density at radius 2 is 1.50 bits per heavy atom. The Balaban J connectivity index is 0.000000177. The zero-order valence-corrected chi connectivity index (χ0v) is 19.5. The number of benzene rings is 2. The van der Waals surface area contributed by atoms with Crippen LogP contribution < -0.4 is 0 Å². The lowest BCUT2D eigenvalue weighted by Gasteiger charge is -2.15. The van der Waals surface area contributed by atoms with Crippen molar-refractivity contribution in [3.63, 3.8) is 0 Å². The maximum absolute atomic E-state index is 11.2. The summed E-state index contributed by atoms with van der Waals surface area (Å²) in [5.41, 5.74) is 1.81. The van der Waals surface area contributed by atoms with Crippen LogP contribution in [0.25, 0.3) is 21.8 Å². The maximum Gasteiger partial charge on any atom is 0.432 e. The van der Waals surface area contributed by atoms with Crippen LogP contribution >= 0.6 is 31.9 Å². The van der Waals surface area contributed by atoms with Gasteiger partial charge in [0.2, 0.25) is 0 Å². The normalized spacial score (nSPS) is 11.4. The van der Waals surface area contributed by atoms with Crippen LogP contribution in [0.4, 0.5) is 9.59 Å². The number of halogens is 2. The fourth-order valence-corrected chi connectivity index (χ4v) is 3.67. The number of carbonyl (C=O) groups is 2. The third-order valence-corrected chi connectivity index (χ3v) is 5.23. The number of rotatable bonds is 0. The summed E-state index contributed by atoms with van der Waals surface area (Å²) in [4.78, 5) is 21.8. The molecule has 2 N–H and O–H groups in total. The van der Waals surface area contributed by atoms with E-state index in [-0.39, 0.29) is 5.41 Å². The topological polar surface area (TPSA) is 110 Å². The second-order valence-electron chi connectivity index (χ2n) is 7.50. The second kappa shape index (κ2) is 8.19. The van der Waals surface area contributed by atoms with Gasteiger partial charge in [0.05, 0.1) is 22.9 Å². The van der Waals surface area contributed by atoms with Gasteiger partial charge in [-0.25, -0.2) is 9.59 Å². The molecule has 0 aliphatic rings. The van der Waals surface area contributed by atoms with Crippen molar-refractivity contribution in [1.82, 2.24) is 19.6 Å². The van der Waals surface area contributed by atoms with Crippen LogP contribution in [0.2, 0.25) is 0 Å². The van der Waals surface area contributed by atoms with Crippen molar-refractivity contribution in [2.24, 2.45) is 0 Å². The van der Waals surface area contributed by atoms with E-state index in [1.165, 1.54) is 6.20 Å². The van der Waals surface area contributed by atoms with E-state index in [0.717, 1.165) is 34.8 Å². The first-order valence-electron chi connectivity index (χ1n) is 8.77. The van der Waals surface area contributed by atoms with E-state index in [2.05, 4.69) is 42.1 Å². The highest BCUT2D eigenvalue weighted by atomic mass is 79.9. The molecule has 156 valence electrons. The standard InChI is InChI=1S/C12H13BrN2O2.C8H5BrN2O2/c1-12(2,3)10-8-5-4-7(13)6-9(8)15(14-10)11(16)17;9-6-1-2-7-5(3-6)4-10-11(7)8(12)13/h4-6H,1-3H3,(H,16,17);1-4H,(H,12,13). The average Bonchev–Trinajstić information content (AvgIpc) is 3.22. The lowest BCUT2D eigenvalue weighted by atomic mass is 9.90. The summed E-state index contributed by atoms with van der Waals surface area (Å²) in [5.74, 6) is 0. The smallest absolute Gasteiger partial charge is 0.432 e. The largest absolute Gasteiger partial charge is 0.463 e. The van der Waals surface area contributed by atoms with E-state index in [4.69, 9.17) is 10.2 Å². The fourth-order valence-electron chi connectivity index (χ4n) is 2.94. The monoisotopic (exact) mass is 536 g/mol. The second-order valence-corrected chi connectivity index (χ2v) is 9.33. The molecule has 0 aliphatic heterocycles. The van der Waals surface area contributed by atoms with Crippen LogP contribution in [0.3, 0.4) is 0 Å². The third-order valence-electron chi connectivity index (χ3n) is 4.25. The number of carboxylic acid groups (broad SMARTS) is 2. The molecule has 0 saturated heterocycles. The summed E-state index contributed by atoms with van der Waals surface area (Å²) in [6.07, 6.45) is -0.616. The number of nitrogens with zero attached hydrogens (tertiary/aromatic N) is 4. The predicted octanol–water partition coefficient (Wildman–Crippen LogP) is 5.95. The Morgan fingerprint density at radius 3 is 2.10 bits per heavy atom. The molecule has 2 aromatic heterocycles. The summed E-state index contributed by atoms with van der Waals surface area (Å²) in [7, 11) is 0. The highest BCUT2D eigenvalue weighted by Crippen LogP contribution is 2.30. The minimum atomic E-state index is -1.07. The molecule has 4 aromatic rings. The number of hydrogen-bond donors (Lipinski definition) is 2. The number of fused-ring (bicyclic) bond motifs is 2. The van der Waals surface area contributed by atoms with Crippen LogP contribution in [-0.2, 0) is 5.41 Å². The molecule has 4 rings (SSSR count). The Morgan fingerprint density at radius 1 is 0.900 bits per heavy atom. The van der Waals surface area contributed by atoms with E-state index >= 15 is 0 Å². The Labute approximate surface area is 188 Å². The van der Waals surface area contributed by atoms with E-state index in [0.29, 0.717) is 11.0 Å². The molecule has 0 amide bonds. The number of aromatic nitrogens is 4.